The summed E-state index contributed by atoms with van der Waals surface area (Å²) in [5.74, 6) is 0.188. The Morgan fingerprint density at radius 3 is 2.61 bits per heavy atom. The molecule has 0 unspecified atom stereocenters. The Kier molecular flexibility index (Phi) is 6.02. The fourth-order valence-electron chi connectivity index (χ4n) is 3.14. The van der Waals surface area contributed by atoms with Gasteiger partial charge < -0.3 is 9.73 Å². The van der Waals surface area contributed by atoms with Gasteiger partial charge in [-0.1, -0.05) is 36.7 Å². The number of carbonyl (C=O) groups is 1. The Hall–Kier alpha value is -3.22. The Morgan fingerprint density at radius 1 is 1.10 bits per heavy atom. The highest BCUT2D eigenvalue weighted by atomic mass is 35.5. The third kappa shape index (κ3) is 4.76. The van der Waals surface area contributed by atoms with Crippen LogP contribution >= 0.6 is 23.8 Å². The van der Waals surface area contributed by atoms with Crippen molar-refractivity contribution >= 4 is 51.6 Å². The number of halogens is 1. The van der Waals surface area contributed by atoms with Crippen LogP contribution in [0.4, 0.5) is 5.69 Å². The smallest absolute Gasteiger partial charge is 0.257 e. The van der Waals surface area contributed by atoms with Crippen molar-refractivity contribution in [1.82, 2.24) is 10.3 Å². The van der Waals surface area contributed by atoms with Gasteiger partial charge in [-0.05, 0) is 79.2 Å². The first-order chi connectivity index (χ1) is 14.9. The molecule has 2 N–H and O–H groups in total. The lowest BCUT2D eigenvalue weighted by Gasteiger charge is -2.12. The molecule has 0 spiro atoms. The molecule has 7 heteroatoms. The monoisotopic (exact) mass is 449 g/mol. The van der Waals surface area contributed by atoms with Gasteiger partial charge in [-0.3, -0.25) is 10.1 Å². The van der Waals surface area contributed by atoms with Crippen molar-refractivity contribution in [2.45, 2.75) is 20.3 Å². The molecule has 0 atom stereocenters. The largest absolute Gasteiger partial charge is 0.436 e. The minimum absolute atomic E-state index is 0.150. The number of rotatable bonds is 4. The van der Waals surface area contributed by atoms with E-state index in [9.17, 15) is 4.79 Å². The van der Waals surface area contributed by atoms with Crippen LogP contribution in [0, 0.1) is 6.92 Å². The van der Waals surface area contributed by atoms with Gasteiger partial charge in [0.25, 0.3) is 5.91 Å². The van der Waals surface area contributed by atoms with Crippen LogP contribution in [0.2, 0.25) is 5.02 Å². The molecule has 0 bridgehead atoms. The lowest BCUT2D eigenvalue weighted by Crippen LogP contribution is -2.34. The second-order valence-corrected chi connectivity index (χ2v) is 7.96. The molecule has 156 valence electrons. The number of fused-ring (bicyclic) bond motifs is 1. The third-order valence-electron chi connectivity index (χ3n) is 4.86. The minimum atomic E-state index is -0.290. The molecule has 31 heavy (non-hydrogen) atoms. The van der Waals surface area contributed by atoms with Crippen LogP contribution < -0.4 is 10.6 Å². The van der Waals surface area contributed by atoms with Gasteiger partial charge in [-0.2, -0.15) is 0 Å². The van der Waals surface area contributed by atoms with E-state index in [1.807, 2.05) is 43.3 Å². The minimum Gasteiger partial charge on any atom is -0.436 e. The zero-order chi connectivity index (χ0) is 22.0. The summed E-state index contributed by atoms with van der Waals surface area (Å²) in [6, 6.07) is 18.6. The molecule has 4 aromatic rings. The zero-order valence-electron chi connectivity index (χ0n) is 17.0. The van der Waals surface area contributed by atoms with Gasteiger partial charge in [0, 0.05) is 11.1 Å². The highest BCUT2D eigenvalue weighted by Crippen LogP contribution is 2.30. The third-order valence-corrected chi connectivity index (χ3v) is 5.39. The van der Waals surface area contributed by atoms with Gasteiger partial charge in [-0.15, -0.1) is 0 Å². The number of hydrogen-bond donors (Lipinski definition) is 2. The van der Waals surface area contributed by atoms with E-state index in [0.717, 1.165) is 28.6 Å². The molecule has 0 aliphatic carbocycles. The number of nitrogens with zero attached hydrogens (tertiary/aromatic N) is 1. The average molecular weight is 450 g/mol. The van der Waals surface area contributed by atoms with Gasteiger partial charge in [0.15, 0.2) is 10.7 Å². The number of nitrogens with one attached hydrogen (secondary N) is 2. The number of carbonyl (C=O) groups excluding carboxylic acids is 1. The van der Waals surface area contributed by atoms with Crippen molar-refractivity contribution in [3.63, 3.8) is 0 Å². The van der Waals surface area contributed by atoms with Crippen LogP contribution in [0.3, 0.4) is 0 Å². The number of oxazole rings is 1. The Bertz CT molecular complexity index is 1280. The summed E-state index contributed by atoms with van der Waals surface area (Å²) >= 11 is 11.6. The van der Waals surface area contributed by atoms with Crippen LogP contribution in [-0.2, 0) is 6.42 Å². The molecule has 1 heterocycles. The number of benzene rings is 3. The maximum atomic E-state index is 12.4. The van der Waals surface area contributed by atoms with Crippen molar-refractivity contribution in [2.24, 2.45) is 0 Å². The van der Waals surface area contributed by atoms with Crippen LogP contribution in [0.1, 0.15) is 28.4 Å². The van der Waals surface area contributed by atoms with Gasteiger partial charge in [0.05, 0.1) is 10.7 Å². The fourth-order valence-corrected chi connectivity index (χ4v) is 3.50. The molecule has 0 aliphatic heterocycles. The first-order valence-corrected chi connectivity index (χ1v) is 10.6. The van der Waals surface area contributed by atoms with E-state index in [-0.39, 0.29) is 11.0 Å². The topological polar surface area (TPSA) is 67.2 Å². The molecular weight excluding hydrogens is 430 g/mol. The number of aryl methyl sites for hydroxylation is 2. The van der Waals surface area contributed by atoms with Crippen molar-refractivity contribution in [1.29, 1.82) is 0 Å². The molecule has 0 saturated heterocycles. The predicted octanol–water partition coefficient (Wildman–Crippen LogP) is 6.15. The van der Waals surface area contributed by atoms with Crippen LogP contribution in [0.25, 0.3) is 22.6 Å². The normalized spacial score (nSPS) is 10.8. The quantitative estimate of drug-likeness (QED) is 0.366. The van der Waals surface area contributed by atoms with E-state index >= 15 is 0 Å². The number of thiocarbonyl (C=S) groups is 1. The molecule has 0 radical (unpaired) electrons. The summed E-state index contributed by atoms with van der Waals surface area (Å²) in [5, 5.41) is 6.27. The molecule has 1 amide bonds. The molecule has 0 aliphatic rings. The second kappa shape index (κ2) is 8.88. The Labute approximate surface area is 190 Å². The SMILES string of the molecule is CCc1ccc(C(=O)NC(=S)Nc2cc(-c3nc4cc(C)ccc4o3)ccc2Cl)cc1. The molecule has 0 saturated carbocycles. The van der Waals surface area contributed by atoms with E-state index in [0.29, 0.717) is 27.7 Å². The Morgan fingerprint density at radius 2 is 1.87 bits per heavy atom. The maximum Gasteiger partial charge on any atom is 0.257 e. The Balaban J connectivity index is 1.51. The van der Waals surface area contributed by atoms with Crippen molar-refractivity contribution < 1.29 is 9.21 Å². The maximum absolute atomic E-state index is 12.4. The fraction of sp³-hybridized carbons (Fsp3) is 0.125. The first-order valence-electron chi connectivity index (χ1n) is 9.81. The number of amides is 1. The number of aromatic nitrogens is 1. The first kappa shape index (κ1) is 21.0. The summed E-state index contributed by atoms with van der Waals surface area (Å²) in [6.07, 6.45) is 0.913. The summed E-state index contributed by atoms with van der Waals surface area (Å²) in [5.41, 5.74) is 5.59. The molecule has 1 aromatic heterocycles. The van der Waals surface area contributed by atoms with Crippen LogP contribution in [0.15, 0.2) is 65.1 Å². The second-order valence-electron chi connectivity index (χ2n) is 7.14. The number of hydrogen-bond acceptors (Lipinski definition) is 4. The average Bonchev–Trinajstić information content (AvgIpc) is 3.18. The van der Waals surface area contributed by atoms with E-state index in [4.69, 9.17) is 28.2 Å². The summed E-state index contributed by atoms with van der Waals surface area (Å²) in [7, 11) is 0. The zero-order valence-corrected chi connectivity index (χ0v) is 18.6. The van der Waals surface area contributed by atoms with Crippen LogP contribution in [0.5, 0.6) is 0 Å². The molecule has 0 fully saturated rings. The summed E-state index contributed by atoms with van der Waals surface area (Å²) in [6.45, 7) is 4.07. The lowest BCUT2D eigenvalue weighted by atomic mass is 10.1. The molecular formula is C24H20ClN3O2S. The predicted molar refractivity (Wildman–Crippen MR) is 129 cm³/mol. The van der Waals surface area contributed by atoms with E-state index in [2.05, 4.69) is 22.5 Å². The summed E-state index contributed by atoms with van der Waals surface area (Å²) in [4.78, 5) is 17.0. The molecule has 4 rings (SSSR count). The standard InChI is InChI=1S/C24H20ClN3O2S/c1-3-15-5-7-16(8-6-15)22(29)28-24(31)27-19-13-17(9-10-18(19)25)23-26-20-12-14(2)4-11-21(20)30-23/h4-13H,3H2,1-2H3,(H2,27,28,29,31). The van der Waals surface area contributed by atoms with Gasteiger partial charge in [0.1, 0.15) is 5.52 Å². The van der Waals surface area contributed by atoms with Crippen molar-refractivity contribution in [2.75, 3.05) is 5.32 Å². The van der Waals surface area contributed by atoms with Crippen LogP contribution in [-0.4, -0.2) is 16.0 Å². The highest BCUT2D eigenvalue weighted by molar-refractivity contribution is 7.80. The summed E-state index contributed by atoms with van der Waals surface area (Å²) < 4.78 is 5.87. The van der Waals surface area contributed by atoms with Gasteiger partial charge >= 0.3 is 0 Å². The van der Waals surface area contributed by atoms with E-state index in [1.54, 1.807) is 24.3 Å². The van der Waals surface area contributed by atoms with Crippen molar-refractivity contribution in [3.8, 4) is 11.5 Å². The number of anilines is 1. The van der Waals surface area contributed by atoms with E-state index in [1.165, 1.54) is 0 Å². The van der Waals surface area contributed by atoms with Crippen molar-refractivity contribution in [3.05, 3.63) is 82.4 Å². The van der Waals surface area contributed by atoms with Gasteiger partial charge in [0.2, 0.25) is 5.89 Å². The molecule has 3 aromatic carbocycles. The molecule has 5 nitrogen and oxygen atoms in total. The lowest BCUT2D eigenvalue weighted by molar-refractivity contribution is 0.0977. The highest BCUT2D eigenvalue weighted by Gasteiger charge is 2.13. The van der Waals surface area contributed by atoms with E-state index < -0.39 is 0 Å². The van der Waals surface area contributed by atoms with Gasteiger partial charge in [-0.25, -0.2) is 4.98 Å².